The summed E-state index contributed by atoms with van der Waals surface area (Å²) < 4.78 is 1.41. The minimum Gasteiger partial charge on any atom is -0.384 e. The van der Waals surface area contributed by atoms with Gasteiger partial charge in [-0.25, -0.2) is 9.97 Å². The molecule has 3 rings (SSSR count). The summed E-state index contributed by atoms with van der Waals surface area (Å²) in [5.41, 5.74) is 12.5. The number of aryl methyl sites for hydroxylation is 1. The maximum Gasteiger partial charge on any atom is 0.248 e. The molecule has 0 atom stereocenters. The van der Waals surface area contributed by atoms with E-state index in [0.717, 1.165) is 5.69 Å². The molecule has 5 N–H and O–H groups in total. The molecule has 8 nitrogen and oxygen atoms in total. The van der Waals surface area contributed by atoms with Crippen molar-refractivity contribution in [3.8, 4) is 5.82 Å². The Bertz CT molecular complexity index is 745. The predicted octanol–water partition coefficient (Wildman–Crippen LogP) is 1.27. The average molecular weight is 282 g/mol. The summed E-state index contributed by atoms with van der Waals surface area (Å²) in [6.07, 6.45) is 0. The Morgan fingerprint density at radius 2 is 1.81 bits per heavy atom. The van der Waals surface area contributed by atoms with E-state index in [9.17, 15) is 0 Å². The first-order chi connectivity index (χ1) is 10.1. The maximum atomic E-state index is 5.88. The average Bonchev–Trinajstić information content (AvgIpc) is 2.79. The third-order valence-electron chi connectivity index (χ3n) is 2.72. The summed E-state index contributed by atoms with van der Waals surface area (Å²) in [5, 5.41) is 7.35. The van der Waals surface area contributed by atoms with Crippen molar-refractivity contribution in [2.75, 3.05) is 16.8 Å². The van der Waals surface area contributed by atoms with Gasteiger partial charge in [-0.3, -0.25) is 0 Å². The second-order valence-corrected chi connectivity index (χ2v) is 4.39. The standard InChI is InChI=1S/C13H14N8/c1-8-16-10(14)7-11(17-8)21-12(15)19-13(20-21)18-9-5-3-2-4-6-9/h2-7H,1H3,(H2,14,16,17)(H3,15,18,19,20). The number of benzene rings is 1. The van der Waals surface area contributed by atoms with Crippen molar-refractivity contribution in [2.45, 2.75) is 6.92 Å². The largest absolute Gasteiger partial charge is 0.384 e. The second-order valence-electron chi connectivity index (χ2n) is 4.39. The predicted molar refractivity (Wildman–Crippen MR) is 80.2 cm³/mol. The summed E-state index contributed by atoms with van der Waals surface area (Å²) in [7, 11) is 0. The van der Waals surface area contributed by atoms with Gasteiger partial charge in [0.15, 0.2) is 5.82 Å². The highest BCUT2D eigenvalue weighted by Crippen LogP contribution is 2.17. The van der Waals surface area contributed by atoms with Crippen LogP contribution in [0.4, 0.5) is 23.4 Å². The molecule has 2 heterocycles. The van der Waals surface area contributed by atoms with E-state index in [1.54, 1.807) is 13.0 Å². The Kier molecular flexibility index (Phi) is 3.11. The molecule has 0 aliphatic heterocycles. The molecule has 0 aliphatic rings. The summed E-state index contributed by atoms with van der Waals surface area (Å²) in [5.74, 6) is 1.97. The molecule has 1 aromatic carbocycles. The lowest BCUT2D eigenvalue weighted by molar-refractivity contribution is 0.841. The number of nitrogen functional groups attached to an aromatic ring is 2. The number of nitrogens with two attached hydrogens (primary N) is 2. The molecular formula is C13H14N8. The molecular weight excluding hydrogens is 268 g/mol. The van der Waals surface area contributed by atoms with Gasteiger partial charge in [0.25, 0.3) is 0 Å². The highest BCUT2D eigenvalue weighted by atomic mass is 15.4. The van der Waals surface area contributed by atoms with Crippen LogP contribution in [0, 0.1) is 6.92 Å². The Balaban J connectivity index is 1.94. The molecule has 106 valence electrons. The van der Waals surface area contributed by atoms with Gasteiger partial charge in [-0.1, -0.05) is 18.2 Å². The number of hydrogen-bond acceptors (Lipinski definition) is 7. The zero-order chi connectivity index (χ0) is 14.8. The number of para-hydroxylation sites is 1. The van der Waals surface area contributed by atoms with E-state index in [2.05, 4.69) is 25.4 Å². The molecule has 0 saturated heterocycles. The quantitative estimate of drug-likeness (QED) is 0.661. The van der Waals surface area contributed by atoms with Crippen molar-refractivity contribution < 1.29 is 0 Å². The van der Waals surface area contributed by atoms with Gasteiger partial charge in [0, 0.05) is 11.8 Å². The molecule has 0 bridgehead atoms. The van der Waals surface area contributed by atoms with Crippen molar-refractivity contribution in [2.24, 2.45) is 0 Å². The van der Waals surface area contributed by atoms with Crippen LogP contribution in [0.2, 0.25) is 0 Å². The fraction of sp³-hybridized carbons (Fsp3) is 0.0769. The van der Waals surface area contributed by atoms with Crippen LogP contribution in [0.25, 0.3) is 5.82 Å². The van der Waals surface area contributed by atoms with Crippen molar-refractivity contribution in [3.05, 3.63) is 42.2 Å². The molecule has 0 amide bonds. The highest BCUT2D eigenvalue weighted by molar-refractivity contribution is 5.54. The summed E-state index contributed by atoms with van der Waals surface area (Å²) >= 11 is 0. The number of nitrogens with one attached hydrogen (secondary N) is 1. The van der Waals surface area contributed by atoms with Crippen molar-refractivity contribution in [3.63, 3.8) is 0 Å². The van der Waals surface area contributed by atoms with Gasteiger partial charge < -0.3 is 16.8 Å². The normalized spacial score (nSPS) is 10.5. The first-order valence-corrected chi connectivity index (χ1v) is 6.28. The molecule has 2 aromatic heterocycles. The van der Waals surface area contributed by atoms with Gasteiger partial charge >= 0.3 is 0 Å². The van der Waals surface area contributed by atoms with E-state index in [0.29, 0.717) is 23.4 Å². The van der Waals surface area contributed by atoms with Gasteiger partial charge in [0.05, 0.1) is 0 Å². The first-order valence-electron chi connectivity index (χ1n) is 6.28. The molecule has 0 unspecified atom stereocenters. The van der Waals surface area contributed by atoms with Crippen molar-refractivity contribution >= 4 is 23.4 Å². The molecule has 0 fully saturated rings. The minimum absolute atomic E-state index is 0.214. The summed E-state index contributed by atoms with van der Waals surface area (Å²) in [4.78, 5) is 12.4. The first kappa shape index (κ1) is 12.9. The molecule has 0 spiro atoms. The Hall–Kier alpha value is -3.16. The molecule has 8 heteroatoms. The number of rotatable bonds is 3. The number of nitrogens with zero attached hydrogens (tertiary/aromatic N) is 5. The van der Waals surface area contributed by atoms with E-state index in [-0.39, 0.29) is 5.95 Å². The van der Waals surface area contributed by atoms with Crippen molar-refractivity contribution in [1.82, 2.24) is 24.7 Å². The number of hydrogen-bond donors (Lipinski definition) is 3. The smallest absolute Gasteiger partial charge is 0.248 e. The third-order valence-corrected chi connectivity index (χ3v) is 2.72. The lowest BCUT2D eigenvalue weighted by atomic mass is 10.3. The van der Waals surface area contributed by atoms with Gasteiger partial charge in [0.2, 0.25) is 11.9 Å². The van der Waals surface area contributed by atoms with E-state index in [1.807, 2.05) is 30.3 Å². The van der Waals surface area contributed by atoms with Crippen LogP contribution >= 0.6 is 0 Å². The van der Waals surface area contributed by atoms with Gasteiger partial charge in [-0.2, -0.15) is 9.67 Å². The fourth-order valence-corrected chi connectivity index (χ4v) is 1.88. The van der Waals surface area contributed by atoms with Crippen LogP contribution in [0.15, 0.2) is 36.4 Å². The van der Waals surface area contributed by atoms with Gasteiger partial charge in [-0.05, 0) is 19.1 Å². The third kappa shape index (κ3) is 2.73. The zero-order valence-corrected chi connectivity index (χ0v) is 11.4. The Morgan fingerprint density at radius 1 is 1.05 bits per heavy atom. The van der Waals surface area contributed by atoms with Crippen LogP contribution < -0.4 is 16.8 Å². The number of aromatic nitrogens is 5. The lowest BCUT2D eigenvalue weighted by Crippen LogP contribution is -2.07. The lowest BCUT2D eigenvalue weighted by Gasteiger charge is -2.03. The Labute approximate surface area is 120 Å². The van der Waals surface area contributed by atoms with Crippen LogP contribution in [-0.4, -0.2) is 24.7 Å². The SMILES string of the molecule is Cc1nc(N)cc(-n2nc(Nc3ccccc3)nc2N)n1. The van der Waals surface area contributed by atoms with Crippen LogP contribution in [0.5, 0.6) is 0 Å². The minimum atomic E-state index is 0.214. The van der Waals surface area contributed by atoms with Gasteiger partial charge in [-0.15, -0.1) is 5.10 Å². The second kappa shape index (κ2) is 5.08. The number of anilines is 4. The molecule has 0 radical (unpaired) electrons. The van der Waals surface area contributed by atoms with E-state index < -0.39 is 0 Å². The zero-order valence-electron chi connectivity index (χ0n) is 11.4. The maximum absolute atomic E-state index is 5.88. The highest BCUT2D eigenvalue weighted by Gasteiger charge is 2.11. The van der Waals surface area contributed by atoms with E-state index in [1.165, 1.54) is 4.68 Å². The summed E-state index contributed by atoms with van der Waals surface area (Å²) in [6, 6.07) is 11.2. The van der Waals surface area contributed by atoms with Crippen LogP contribution in [0.1, 0.15) is 5.82 Å². The monoisotopic (exact) mass is 282 g/mol. The molecule has 0 aliphatic carbocycles. The van der Waals surface area contributed by atoms with Gasteiger partial charge in [0.1, 0.15) is 11.6 Å². The fourth-order valence-electron chi connectivity index (χ4n) is 1.88. The van der Waals surface area contributed by atoms with Crippen molar-refractivity contribution in [1.29, 1.82) is 0 Å². The van der Waals surface area contributed by atoms with E-state index >= 15 is 0 Å². The molecule has 0 saturated carbocycles. The summed E-state index contributed by atoms with van der Waals surface area (Å²) in [6.45, 7) is 1.75. The van der Waals surface area contributed by atoms with E-state index in [4.69, 9.17) is 11.5 Å². The van der Waals surface area contributed by atoms with Crippen LogP contribution in [0.3, 0.4) is 0 Å². The Morgan fingerprint density at radius 3 is 2.52 bits per heavy atom. The van der Waals surface area contributed by atoms with Crippen LogP contribution in [-0.2, 0) is 0 Å². The molecule has 3 aromatic rings. The topological polar surface area (TPSA) is 121 Å². The molecule has 21 heavy (non-hydrogen) atoms.